The van der Waals surface area contributed by atoms with E-state index in [0.717, 1.165) is 4.88 Å². The van der Waals surface area contributed by atoms with E-state index in [4.69, 9.17) is 0 Å². The van der Waals surface area contributed by atoms with Gasteiger partial charge < -0.3 is 10.1 Å². The van der Waals surface area contributed by atoms with Gasteiger partial charge in [-0.05, 0) is 29.7 Å². The third-order valence-electron chi connectivity index (χ3n) is 2.96. The number of alkyl halides is 2. The van der Waals surface area contributed by atoms with Crippen LogP contribution in [0.3, 0.4) is 0 Å². The van der Waals surface area contributed by atoms with Crippen molar-refractivity contribution in [3.8, 4) is 5.75 Å². The lowest BCUT2D eigenvalue weighted by Gasteiger charge is -2.15. The fourth-order valence-corrected chi connectivity index (χ4v) is 2.87. The fourth-order valence-electron chi connectivity index (χ4n) is 1.87. The van der Waals surface area contributed by atoms with Crippen molar-refractivity contribution in [2.75, 3.05) is 5.32 Å². The number of hydrogen-bond donors (Lipinski definition) is 1. The second-order valence-electron chi connectivity index (χ2n) is 5.74. The monoisotopic (exact) mass is 311 g/mol. The van der Waals surface area contributed by atoms with E-state index in [-0.39, 0.29) is 11.2 Å². The molecule has 0 saturated heterocycles. The first-order valence-electron chi connectivity index (χ1n) is 6.73. The fraction of sp³-hybridized carbons (Fsp3) is 0.375. The van der Waals surface area contributed by atoms with Gasteiger partial charge in [-0.15, -0.1) is 11.3 Å². The zero-order chi connectivity index (χ0) is 15.5. The number of hydrogen-bond acceptors (Lipinski definition) is 3. The Morgan fingerprint density at radius 2 is 1.86 bits per heavy atom. The van der Waals surface area contributed by atoms with Crippen molar-refractivity contribution in [2.24, 2.45) is 0 Å². The lowest BCUT2D eigenvalue weighted by Crippen LogP contribution is -2.08. The van der Waals surface area contributed by atoms with Crippen LogP contribution in [0.4, 0.5) is 14.5 Å². The van der Waals surface area contributed by atoms with E-state index in [1.54, 1.807) is 29.5 Å². The molecule has 114 valence electrons. The van der Waals surface area contributed by atoms with E-state index < -0.39 is 6.61 Å². The van der Waals surface area contributed by atoms with Crippen molar-refractivity contribution in [1.82, 2.24) is 0 Å². The Kier molecular flexibility index (Phi) is 4.83. The van der Waals surface area contributed by atoms with Crippen molar-refractivity contribution < 1.29 is 13.5 Å². The molecule has 0 saturated carbocycles. The minimum atomic E-state index is -2.82. The molecular formula is C16H19F2NOS. The highest BCUT2D eigenvalue weighted by molar-refractivity contribution is 7.12. The molecule has 0 aliphatic rings. The molecule has 1 heterocycles. The van der Waals surface area contributed by atoms with E-state index in [9.17, 15) is 8.78 Å². The molecule has 0 aliphatic carbocycles. The molecule has 21 heavy (non-hydrogen) atoms. The lowest BCUT2D eigenvalue weighted by atomic mass is 9.95. The quantitative estimate of drug-likeness (QED) is 0.813. The first-order chi connectivity index (χ1) is 9.86. The SMILES string of the molecule is CC(C)(C)c1ccc(CNc2ccccc2OC(F)F)s1. The summed E-state index contributed by atoms with van der Waals surface area (Å²) in [6, 6.07) is 10.9. The van der Waals surface area contributed by atoms with E-state index in [2.05, 4.69) is 43.0 Å². The van der Waals surface area contributed by atoms with Gasteiger partial charge >= 0.3 is 6.61 Å². The van der Waals surface area contributed by atoms with Crippen molar-refractivity contribution in [3.63, 3.8) is 0 Å². The summed E-state index contributed by atoms with van der Waals surface area (Å²) < 4.78 is 29.2. The van der Waals surface area contributed by atoms with Crippen LogP contribution in [0, 0.1) is 0 Å². The zero-order valence-electron chi connectivity index (χ0n) is 12.3. The van der Waals surface area contributed by atoms with Crippen molar-refractivity contribution in [3.05, 3.63) is 46.2 Å². The summed E-state index contributed by atoms with van der Waals surface area (Å²) >= 11 is 1.73. The summed E-state index contributed by atoms with van der Waals surface area (Å²) in [6.45, 7) is 4.28. The van der Waals surface area contributed by atoms with Crippen molar-refractivity contribution in [2.45, 2.75) is 39.3 Å². The molecule has 1 aromatic heterocycles. The predicted molar refractivity (Wildman–Crippen MR) is 83.4 cm³/mol. The number of halogens is 2. The number of para-hydroxylation sites is 2. The Hall–Kier alpha value is -1.62. The maximum absolute atomic E-state index is 12.4. The van der Waals surface area contributed by atoms with Crippen molar-refractivity contribution in [1.29, 1.82) is 0 Å². The maximum atomic E-state index is 12.4. The van der Waals surface area contributed by atoms with Crippen LogP contribution >= 0.6 is 11.3 Å². The molecule has 1 aromatic carbocycles. The molecular weight excluding hydrogens is 292 g/mol. The van der Waals surface area contributed by atoms with Gasteiger partial charge in [-0.3, -0.25) is 0 Å². The van der Waals surface area contributed by atoms with Gasteiger partial charge in [0.15, 0.2) is 0 Å². The smallest absolute Gasteiger partial charge is 0.387 e. The summed E-state index contributed by atoms with van der Waals surface area (Å²) in [6.07, 6.45) is 0. The van der Waals surface area contributed by atoms with Crippen LogP contribution in [0.2, 0.25) is 0 Å². The minimum Gasteiger partial charge on any atom is -0.433 e. The van der Waals surface area contributed by atoms with Gasteiger partial charge in [0.05, 0.1) is 5.69 Å². The highest BCUT2D eigenvalue weighted by atomic mass is 32.1. The number of ether oxygens (including phenoxy) is 1. The van der Waals surface area contributed by atoms with E-state index in [1.807, 2.05) is 0 Å². The van der Waals surface area contributed by atoms with Crippen LogP contribution in [0.15, 0.2) is 36.4 Å². The van der Waals surface area contributed by atoms with Crippen LogP contribution in [0.25, 0.3) is 0 Å². The second kappa shape index (κ2) is 6.43. The first kappa shape index (κ1) is 15.8. The minimum absolute atomic E-state index is 0.125. The van der Waals surface area contributed by atoms with Gasteiger partial charge in [-0.25, -0.2) is 0 Å². The highest BCUT2D eigenvalue weighted by Crippen LogP contribution is 2.31. The molecule has 5 heteroatoms. The Morgan fingerprint density at radius 1 is 1.14 bits per heavy atom. The molecule has 0 unspecified atom stereocenters. The molecule has 0 fully saturated rings. The van der Waals surface area contributed by atoms with Crippen LogP contribution in [-0.4, -0.2) is 6.61 Å². The molecule has 0 radical (unpaired) electrons. The van der Waals surface area contributed by atoms with Gasteiger partial charge in [0.25, 0.3) is 0 Å². The number of benzene rings is 1. The van der Waals surface area contributed by atoms with Gasteiger partial charge in [0.2, 0.25) is 0 Å². The third kappa shape index (κ3) is 4.43. The number of nitrogens with one attached hydrogen (secondary N) is 1. The van der Waals surface area contributed by atoms with E-state index >= 15 is 0 Å². The Morgan fingerprint density at radius 3 is 2.48 bits per heavy atom. The van der Waals surface area contributed by atoms with Crippen molar-refractivity contribution >= 4 is 17.0 Å². The maximum Gasteiger partial charge on any atom is 0.387 e. The highest BCUT2D eigenvalue weighted by Gasteiger charge is 2.16. The van der Waals surface area contributed by atoms with Gasteiger partial charge in [0, 0.05) is 16.3 Å². The van der Waals surface area contributed by atoms with Gasteiger partial charge in [-0.1, -0.05) is 32.9 Å². The van der Waals surface area contributed by atoms with Gasteiger partial charge in [0.1, 0.15) is 5.75 Å². The largest absolute Gasteiger partial charge is 0.433 e. The number of thiophene rings is 1. The molecule has 0 bridgehead atoms. The van der Waals surface area contributed by atoms with Crippen LogP contribution in [0.5, 0.6) is 5.75 Å². The number of rotatable bonds is 5. The average molecular weight is 311 g/mol. The molecule has 0 atom stereocenters. The van der Waals surface area contributed by atoms with Gasteiger partial charge in [-0.2, -0.15) is 8.78 Å². The normalized spacial score (nSPS) is 11.7. The Labute approximate surface area is 127 Å². The summed E-state index contributed by atoms with van der Waals surface area (Å²) in [4.78, 5) is 2.46. The third-order valence-corrected chi connectivity index (χ3v) is 4.47. The van der Waals surface area contributed by atoms with Crippen LogP contribution < -0.4 is 10.1 Å². The summed E-state index contributed by atoms with van der Waals surface area (Å²) in [5.41, 5.74) is 0.697. The summed E-state index contributed by atoms with van der Waals surface area (Å²) in [5, 5.41) is 3.15. The number of anilines is 1. The average Bonchev–Trinajstić information content (AvgIpc) is 2.86. The van der Waals surface area contributed by atoms with Crippen LogP contribution in [-0.2, 0) is 12.0 Å². The van der Waals surface area contributed by atoms with Crippen LogP contribution in [0.1, 0.15) is 30.5 Å². The molecule has 2 aromatic rings. The second-order valence-corrected chi connectivity index (χ2v) is 6.91. The predicted octanol–water partition coefficient (Wildman–Crippen LogP) is 5.26. The zero-order valence-corrected chi connectivity index (χ0v) is 13.1. The molecule has 2 rings (SSSR count). The Balaban J connectivity index is 2.05. The molecule has 0 spiro atoms. The molecule has 0 aliphatic heterocycles. The van der Waals surface area contributed by atoms with E-state index in [0.29, 0.717) is 12.2 Å². The first-order valence-corrected chi connectivity index (χ1v) is 7.55. The molecule has 0 amide bonds. The molecule has 1 N–H and O–H groups in total. The van der Waals surface area contributed by atoms with E-state index in [1.165, 1.54) is 10.9 Å². The Bertz CT molecular complexity index is 590. The standard InChI is InChI=1S/C16H19F2NOS/c1-16(2,3)14-9-8-11(21-14)10-19-12-6-4-5-7-13(12)20-15(17)18/h4-9,15,19H,10H2,1-3H3. The topological polar surface area (TPSA) is 21.3 Å². The lowest BCUT2D eigenvalue weighted by molar-refractivity contribution is -0.0493. The summed E-state index contributed by atoms with van der Waals surface area (Å²) in [7, 11) is 0. The summed E-state index contributed by atoms with van der Waals surface area (Å²) in [5.74, 6) is 0.167. The molecule has 2 nitrogen and oxygen atoms in total.